The average molecular weight is 321 g/mol. The maximum absolute atomic E-state index is 12.6. The second-order valence-electron chi connectivity index (χ2n) is 5.86. The maximum atomic E-state index is 12.6. The number of nitrogens with zero attached hydrogens (tertiary/aromatic N) is 2. The molecule has 0 saturated carbocycles. The van der Waals surface area contributed by atoms with Crippen molar-refractivity contribution in [1.29, 1.82) is 5.26 Å². The predicted molar refractivity (Wildman–Crippen MR) is 91.6 cm³/mol. The Bertz CT molecular complexity index is 782. The molecule has 5 nitrogen and oxygen atoms in total. The molecular weight excluding hydrogens is 302 g/mol. The number of carbonyl (C=O) groups excluding carboxylic acids is 1. The molecule has 0 fully saturated rings. The molecule has 0 bridgehead atoms. The van der Waals surface area contributed by atoms with Gasteiger partial charge in [0.25, 0.3) is 0 Å². The number of anilines is 1. The van der Waals surface area contributed by atoms with Crippen LogP contribution >= 0.6 is 0 Å². The monoisotopic (exact) mass is 321 g/mol. The lowest BCUT2D eigenvalue weighted by atomic mass is 10.2. The third-order valence-corrected chi connectivity index (χ3v) is 3.93. The molecule has 1 aliphatic heterocycles. The lowest BCUT2D eigenvalue weighted by Gasteiger charge is -2.22. The van der Waals surface area contributed by atoms with Crippen LogP contribution in [0, 0.1) is 11.3 Å². The molecule has 2 aromatic carbocycles. The van der Waals surface area contributed by atoms with Crippen molar-refractivity contribution in [3.63, 3.8) is 0 Å². The highest BCUT2D eigenvalue weighted by Gasteiger charge is 2.23. The van der Waals surface area contributed by atoms with Crippen LogP contribution in [-0.4, -0.2) is 30.0 Å². The van der Waals surface area contributed by atoms with Gasteiger partial charge in [-0.25, -0.2) is 0 Å². The Hall–Kier alpha value is -3.00. The van der Waals surface area contributed by atoms with E-state index >= 15 is 0 Å². The van der Waals surface area contributed by atoms with E-state index in [1.165, 1.54) is 0 Å². The first kappa shape index (κ1) is 15.9. The molecule has 1 amide bonds. The quantitative estimate of drug-likeness (QED) is 0.944. The summed E-state index contributed by atoms with van der Waals surface area (Å²) in [5, 5.41) is 12.0. The van der Waals surface area contributed by atoms with Crippen molar-refractivity contribution in [2.75, 3.05) is 18.4 Å². The minimum atomic E-state index is -0.0560. The van der Waals surface area contributed by atoms with Crippen molar-refractivity contribution in [2.45, 2.75) is 19.6 Å². The zero-order chi connectivity index (χ0) is 16.9. The summed E-state index contributed by atoms with van der Waals surface area (Å²) >= 11 is 0. The van der Waals surface area contributed by atoms with Crippen molar-refractivity contribution in [1.82, 2.24) is 4.90 Å². The number of hydrogen-bond acceptors (Lipinski definition) is 4. The van der Waals surface area contributed by atoms with Crippen LogP contribution in [0.3, 0.4) is 0 Å². The summed E-state index contributed by atoms with van der Waals surface area (Å²) in [5.41, 5.74) is 2.35. The van der Waals surface area contributed by atoms with Crippen LogP contribution in [0.2, 0.25) is 0 Å². The van der Waals surface area contributed by atoms with E-state index in [4.69, 9.17) is 10.00 Å². The maximum Gasteiger partial charge on any atom is 0.242 e. The minimum Gasteiger partial charge on any atom is -0.489 e. The molecule has 0 saturated heterocycles. The van der Waals surface area contributed by atoms with Gasteiger partial charge in [-0.15, -0.1) is 0 Å². The Morgan fingerprint density at radius 1 is 1.33 bits per heavy atom. The molecule has 5 heteroatoms. The van der Waals surface area contributed by atoms with E-state index in [0.717, 1.165) is 17.0 Å². The average Bonchev–Trinajstić information content (AvgIpc) is 2.77. The fourth-order valence-corrected chi connectivity index (χ4v) is 2.76. The van der Waals surface area contributed by atoms with Gasteiger partial charge in [0.05, 0.1) is 24.7 Å². The zero-order valence-electron chi connectivity index (χ0n) is 13.5. The zero-order valence-corrected chi connectivity index (χ0v) is 13.5. The van der Waals surface area contributed by atoms with Crippen LogP contribution in [0.1, 0.15) is 18.1 Å². The molecule has 1 N–H and O–H groups in total. The van der Waals surface area contributed by atoms with Gasteiger partial charge in [0.2, 0.25) is 5.91 Å². The van der Waals surface area contributed by atoms with Crippen molar-refractivity contribution in [3.8, 4) is 11.8 Å². The first-order valence-electron chi connectivity index (χ1n) is 7.92. The molecule has 0 radical (unpaired) electrons. The molecule has 1 heterocycles. The number of nitriles is 1. The number of para-hydroxylation sites is 1. The molecular formula is C19H19N3O2. The molecule has 0 aliphatic carbocycles. The van der Waals surface area contributed by atoms with Crippen LogP contribution in [0.5, 0.6) is 5.75 Å². The van der Waals surface area contributed by atoms with E-state index in [9.17, 15) is 4.79 Å². The van der Waals surface area contributed by atoms with Crippen LogP contribution in [0.15, 0.2) is 48.5 Å². The summed E-state index contributed by atoms with van der Waals surface area (Å²) in [5.74, 6) is 0.847. The number of ether oxygens (including phenoxy) is 1. The molecule has 122 valence electrons. The van der Waals surface area contributed by atoms with E-state index in [2.05, 4.69) is 11.4 Å². The summed E-state index contributed by atoms with van der Waals surface area (Å²) in [6, 6.07) is 17.0. The standard InChI is InChI=1S/C19H19N3O2/c1-14-12-22(13-16-6-2-3-8-18(16)24-14)19(23)11-21-17-7-4-5-15(9-17)10-20/h2-9,14,21H,11-13H2,1H3. The summed E-state index contributed by atoms with van der Waals surface area (Å²) in [4.78, 5) is 14.4. The summed E-state index contributed by atoms with van der Waals surface area (Å²) in [6.07, 6.45) is -0.0560. The van der Waals surface area contributed by atoms with Gasteiger partial charge in [0.15, 0.2) is 0 Å². The van der Waals surface area contributed by atoms with Crippen molar-refractivity contribution >= 4 is 11.6 Å². The van der Waals surface area contributed by atoms with E-state index in [-0.39, 0.29) is 18.6 Å². The fourth-order valence-electron chi connectivity index (χ4n) is 2.76. The smallest absolute Gasteiger partial charge is 0.242 e. The summed E-state index contributed by atoms with van der Waals surface area (Å²) < 4.78 is 5.88. The van der Waals surface area contributed by atoms with Gasteiger partial charge < -0.3 is 15.0 Å². The molecule has 1 aliphatic rings. The first-order valence-corrected chi connectivity index (χ1v) is 7.92. The van der Waals surface area contributed by atoms with Gasteiger partial charge in [0, 0.05) is 17.8 Å². The van der Waals surface area contributed by atoms with Gasteiger partial charge in [-0.05, 0) is 31.2 Å². The topological polar surface area (TPSA) is 65.4 Å². The Morgan fingerprint density at radius 2 is 2.17 bits per heavy atom. The van der Waals surface area contributed by atoms with E-state index < -0.39 is 0 Å². The predicted octanol–water partition coefficient (Wildman–Crippen LogP) is 2.78. The largest absolute Gasteiger partial charge is 0.489 e. The van der Waals surface area contributed by atoms with Gasteiger partial charge in [-0.2, -0.15) is 5.26 Å². The second-order valence-corrected chi connectivity index (χ2v) is 5.86. The lowest BCUT2D eigenvalue weighted by molar-refractivity contribution is -0.130. The lowest BCUT2D eigenvalue weighted by Crippen LogP contribution is -2.39. The number of fused-ring (bicyclic) bond motifs is 1. The van der Waals surface area contributed by atoms with Gasteiger partial charge >= 0.3 is 0 Å². The van der Waals surface area contributed by atoms with Gasteiger partial charge in [-0.1, -0.05) is 24.3 Å². The van der Waals surface area contributed by atoms with Crippen LogP contribution in [0.25, 0.3) is 0 Å². The van der Waals surface area contributed by atoms with Gasteiger partial charge in [0.1, 0.15) is 11.9 Å². The summed E-state index contributed by atoms with van der Waals surface area (Å²) in [7, 11) is 0. The minimum absolute atomic E-state index is 0.00418. The van der Waals surface area contributed by atoms with E-state index in [0.29, 0.717) is 18.7 Å². The number of benzene rings is 2. The Morgan fingerprint density at radius 3 is 3.00 bits per heavy atom. The molecule has 3 rings (SSSR count). The van der Waals surface area contributed by atoms with Crippen molar-refractivity contribution in [3.05, 3.63) is 59.7 Å². The fraction of sp³-hybridized carbons (Fsp3) is 0.263. The van der Waals surface area contributed by atoms with E-state index in [1.807, 2.05) is 37.3 Å². The molecule has 1 atom stereocenters. The Labute approximate surface area is 141 Å². The van der Waals surface area contributed by atoms with Crippen LogP contribution < -0.4 is 10.1 Å². The normalized spacial score (nSPS) is 16.3. The SMILES string of the molecule is CC1CN(C(=O)CNc2cccc(C#N)c2)Cc2ccccc2O1. The first-order chi connectivity index (χ1) is 11.7. The molecule has 2 aromatic rings. The van der Waals surface area contributed by atoms with Gasteiger partial charge in [-0.3, -0.25) is 4.79 Å². The molecule has 24 heavy (non-hydrogen) atoms. The number of hydrogen-bond donors (Lipinski definition) is 1. The highest BCUT2D eigenvalue weighted by Crippen LogP contribution is 2.24. The highest BCUT2D eigenvalue weighted by atomic mass is 16.5. The molecule has 1 unspecified atom stereocenters. The number of nitrogens with one attached hydrogen (secondary N) is 1. The van der Waals surface area contributed by atoms with Crippen molar-refractivity contribution in [2.24, 2.45) is 0 Å². The number of rotatable bonds is 3. The third kappa shape index (κ3) is 3.66. The molecule has 0 spiro atoms. The Kier molecular flexibility index (Phi) is 4.66. The van der Waals surface area contributed by atoms with Crippen LogP contribution in [-0.2, 0) is 11.3 Å². The third-order valence-electron chi connectivity index (χ3n) is 3.93. The highest BCUT2D eigenvalue weighted by molar-refractivity contribution is 5.81. The number of carbonyl (C=O) groups is 1. The summed E-state index contributed by atoms with van der Waals surface area (Å²) in [6.45, 7) is 3.24. The molecule has 0 aromatic heterocycles. The van der Waals surface area contributed by atoms with Crippen LogP contribution in [0.4, 0.5) is 5.69 Å². The Balaban J connectivity index is 1.67. The number of amides is 1. The van der Waals surface area contributed by atoms with E-state index in [1.54, 1.807) is 23.1 Å². The van der Waals surface area contributed by atoms with Crippen molar-refractivity contribution < 1.29 is 9.53 Å². The second kappa shape index (κ2) is 7.05.